The Morgan fingerprint density at radius 2 is 1.53 bits per heavy atom. The molecule has 0 bridgehead atoms. The molecule has 0 radical (unpaired) electrons. The number of rotatable bonds is 6. The molecule has 1 atom stereocenters. The minimum Gasteiger partial charge on any atom is -0.331 e. The van der Waals surface area contributed by atoms with Gasteiger partial charge in [0.15, 0.2) is 0 Å². The molecule has 1 unspecified atom stereocenters. The minimum atomic E-state index is -0.261. The summed E-state index contributed by atoms with van der Waals surface area (Å²) in [5, 5.41) is 0. The van der Waals surface area contributed by atoms with Gasteiger partial charge in [-0.15, -0.1) is 0 Å². The second-order valence-corrected chi connectivity index (χ2v) is 9.08. The summed E-state index contributed by atoms with van der Waals surface area (Å²) >= 11 is 0. The molecule has 3 aromatic rings. The Hall–Kier alpha value is -3.34. The van der Waals surface area contributed by atoms with Crippen molar-refractivity contribution in [2.75, 3.05) is 11.4 Å². The van der Waals surface area contributed by atoms with Gasteiger partial charge < -0.3 is 9.47 Å². The molecule has 4 rings (SSSR count). The third-order valence-electron chi connectivity index (χ3n) is 5.94. The van der Waals surface area contributed by atoms with Gasteiger partial charge in [0.1, 0.15) is 12.6 Å². The van der Waals surface area contributed by atoms with E-state index in [-0.39, 0.29) is 36.4 Å². The van der Waals surface area contributed by atoms with E-state index in [0.717, 1.165) is 22.6 Å². The number of benzene rings is 2. The maximum absolute atomic E-state index is 13.9. The molecule has 1 aliphatic heterocycles. The van der Waals surface area contributed by atoms with Crippen LogP contribution in [-0.2, 0) is 9.59 Å². The molecule has 0 spiro atoms. The van der Waals surface area contributed by atoms with Gasteiger partial charge in [-0.2, -0.15) is 0 Å². The summed E-state index contributed by atoms with van der Waals surface area (Å²) in [7, 11) is 0. The Bertz CT molecular complexity index is 1100. The molecule has 1 aliphatic rings. The molecule has 2 heterocycles. The second-order valence-electron chi connectivity index (χ2n) is 9.08. The van der Waals surface area contributed by atoms with Crippen molar-refractivity contribution >= 4 is 17.5 Å². The Labute approximate surface area is 190 Å². The van der Waals surface area contributed by atoms with E-state index in [1.807, 2.05) is 87.3 Å². The highest BCUT2D eigenvalue weighted by atomic mass is 16.2. The summed E-state index contributed by atoms with van der Waals surface area (Å²) in [4.78, 5) is 30.4. The van der Waals surface area contributed by atoms with Crippen molar-refractivity contribution in [2.45, 2.75) is 46.2 Å². The monoisotopic (exact) mass is 429 g/mol. The van der Waals surface area contributed by atoms with Crippen molar-refractivity contribution in [3.05, 3.63) is 84.2 Å². The third kappa shape index (κ3) is 4.07. The van der Waals surface area contributed by atoms with Crippen LogP contribution in [0.5, 0.6) is 0 Å². The molecule has 0 aliphatic carbocycles. The quantitative estimate of drug-likeness (QED) is 0.541. The van der Waals surface area contributed by atoms with Gasteiger partial charge in [-0.25, -0.2) is 0 Å². The van der Waals surface area contributed by atoms with E-state index in [4.69, 9.17) is 0 Å². The Morgan fingerprint density at radius 1 is 0.875 bits per heavy atom. The lowest BCUT2D eigenvalue weighted by molar-refractivity contribution is -0.137. The Morgan fingerprint density at radius 3 is 2.19 bits per heavy atom. The predicted octanol–water partition coefficient (Wildman–Crippen LogP) is 5.20. The number of hydrogen-bond acceptors (Lipinski definition) is 2. The number of aromatic nitrogens is 1. The van der Waals surface area contributed by atoms with Crippen LogP contribution in [-0.4, -0.2) is 33.9 Å². The van der Waals surface area contributed by atoms with Crippen molar-refractivity contribution in [1.29, 1.82) is 0 Å². The molecule has 2 amide bonds. The molecular formula is C27H31N3O2. The van der Waals surface area contributed by atoms with E-state index in [2.05, 4.69) is 22.8 Å². The number of amides is 2. The minimum absolute atomic E-state index is 0.0216. The van der Waals surface area contributed by atoms with Gasteiger partial charge >= 0.3 is 0 Å². The summed E-state index contributed by atoms with van der Waals surface area (Å²) in [5.74, 6) is 0.188. The zero-order valence-corrected chi connectivity index (χ0v) is 19.2. The van der Waals surface area contributed by atoms with Crippen molar-refractivity contribution in [3.8, 4) is 5.69 Å². The van der Waals surface area contributed by atoms with Gasteiger partial charge in [0.25, 0.3) is 0 Å². The molecule has 0 saturated carbocycles. The van der Waals surface area contributed by atoms with Gasteiger partial charge in [-0.05, 0) is 49.6 Å². The van der Waals surface area contributed by atoms with Crippen LogP contribution >= 0.6 is 0 Å². The summed E-state index contributed by atoms with van der Waals surface area (Å²) in [6.45, 7) is 8.05. The van der Waals surface area contributed by atoms with Crippen molar-refractivity contribution in [2.24, 2.45) is 5.92 Å². The fraction of sp³-hybridized carbons (Fsp3) is 0.333. The number of hydrogen-bond donors (Lipinski definition) is 0. The summed E-state index contributed by atoms with van der Waals surface area (Å²) < 4.78 is 2.15. The van der Waals surface area contributed by atoms with Crippen LogP contribution in [0.4, 0.5) is 5.69 Å². The maximum atomic E-state index is 13.9. The van der Waals surface area contributed by atoms with E-state index in [0.29, 0.717) is 6.42 Å². The average molecular weight is 430 g/mol. The fourth-order valence-electron chi connectivity index (χ4n) is 4.46. The van der Waals surface area contributed by atoms with E-state index < -0.39 is 0 Å². The molecule has 0 saturated heterocycles. The molecule has 5 heteroatoms. The lowest BCUT2D eigenvalue weighted by atomic mass is 9.97. The topological polar surface area (TPSA) is 45.6 Å². The first-order chi connectivity index (χ1) is 15.4. The van der Waals surface area contributed by atoms with Gasteiger partial charge in [-0.1, -0.05) is 56.3 Å². The van der Waals surface area contributed by atoms with Crippen LogP contribution in [0.1, 0.15) is 51.4 Å². The van der Waals surface area contributed by atoms with Gasteiger partial charge in [0.05, 0.1) is 17.1 Å². The average Bonchev–Trinajstić information content (AvgIpc) is 3.26. The normalized spacial score (nSPS) is 14.9. The number of carbonyl (C=O) groups is 2. The largest absolute Gasteiger partial charge is 0.331 e. The first-order valence-electron chi connectivity index (χ1n) is 11.3. The Balaban J connectivity index is 1.78. The third-order valence-corrected chi connectivity index (χ3v) is 5.94. The molecule has 1 aromatic heterocycles. The molecule has 2 aromatic carbocycles. The van der Waals surface area contributed by atoms with E-state index in [9.17, 15) is 9.59 Å². The van der Waals surface area contributed by atoms with Crippen LogP contribution in [0.3, 0.4) is 0 Å². The van der Waals surface area contributed by atoms with E-state index in [1.54, 1.807) is 4.90 Å². The molecule has 166 valence electrons. The molecule has 5 nitrogen and oxygen atoms in total. The van der Waals surface area contributed by atoms with Gasteiger partial charge in [0, 0.05) is 18.7 Å². The highest BCUT2D eigenvalue weighted by molar-refractivity contribution is 6.00. The summed E-state index contributed by atoms with van der Waals surface area (Å²) in [6.07, 6.45) is 2.48. The second kappa shape index (κ2) is 9.03. The smallest absolute Gasteiger partial charge is 0.247 e. The predicted molar refractivity (Wildman–Crippen MR) is 128 cm³/mol. The van der Waals surface area contributed by atoms with Crippen LogP contribution in [0, 0.1) is 5.92 Å². The summed E-state index contributed by atoms with van der Waals surface area (Å²) in [6, 6.07) is 21.8. The van der Waals surface area contributed by atoms with Crippen LogP contribution in [0.25, 0.3) is 5.69 Å². The Kier molecular flexibility index (Phi) is 6.17. The SMILES string of the molecule is CC(C)CC(=O)N(CC(=O)N1c2ccccc2-n2cccc2C1c1ccccc1)C(C)C. The van der Waals surface area contributed by atoms with Gasteiger partial charge in [-0.3, -0.25) is 14.5 Å². The van der Waals surface area contributed by atoms with Crippen LogP contribution < -0.4 is 4.90 Å². The number of para-hydroxylation sites is 2. The fourth-order valence-corrected chi connectivity index (χ4v) is 4.46. The number of anilines is 1. The number of fused-ring (bicyclic) bond motifs is 3. The van der Waals surface area contributed by atoms with Crippen molar-refractivity contribution < 1.29 is 9.59 Å². The first kappa shape index (κ1) is 21.9. The molecule has 32 heavy (non-hydrogen) atoms. The lowest BCUT2D eigenvalue weighted by Crippen LogP contribution is -2.48. The van der Waals surface area contributed by atoms with Crippen molar-refractivity contribution in [3.63, 3.8) is 0 Å². The highest BCUT2D eigenvalue weighted by Gasteiger charge is 2.37. The standard InChI is InChI=1S/C27H31N3O2/c1-19(2)17-25(31)29(20(3)4)18-26(32)30-23-14-9-8-13-22(23)28-16-10-15-24(28)27(30)21-11-6-5-7-12-21/h5-16,19-20,27H,17-18H2,1-4H3. The van der Waals surface area contributed by atoms with E-state index in [1.165, 1.54) is 0 Å². The first-order valence-corrected chi connectivity index (χ1v) is 11.3. The molecule has 0 N–H and O–H groups in total. The van der Waals surface area contributed by atoms with Crippen LogP contribution in [0.2, 0.25) is 0 Å². The number of carbonyl (C=O) groups excluding carboxylic acids is 2. The lowest BCUT2D eigenvalue weighted by Gasteiger charge is -2.40. The molecular weight excluding hydrogens is 398 g/mol. The van der Waals surface area contributed by atoms with E-state index >= 15 is 0 Å². The maximum Gasteiger partial charge on any atom is 0.247 e. The zero-order valence-electron chi connectivity index (χ0n) is 19.2. The van der Waals surface area contributed by atoms with Crippen molar-refractivity contribution in [1.82, 2.24) is 9.47 Å². The van der Waals surface area contributed by atoms with Crippen LogP contribution in [0.15, 0.2) is 72.9 Å². The van der Waals surface area contributed by atoms with Gasteiger partial charge in [0.2, 0.25) is 11.8 Å². The zero-order chi connectivity index (χ0) is 22.8. The number of nitrogens with zero attached hydrogens (tertiary/aromatic N) is 3. The molecule has 0 fully saturated rings. The highest BCUT2D eigenvalue weighted by Crippen LogP contribution is 2.42. The summed E-state index contributed by atoms with van der Waals surface area (Å²) in [5.41, 5.74) is 3.90.